The van der Waals surface area contributed by atoms with Crippen LogP contribution in [0.3, 0.4) is 0 Å². The van der Waals surface area contributed by atoms with Crippen LogP contribution < -0.4 is 0 Å². The van der Waals surface area contributed by atoms with Gasteiger partial charge in [0.1, 0.15) is 18.5 Å². The number of methoxy groups -OCH3 is 2. The molecule has 0 aromatic carbocycles. The van der Waals surface area contributed by atoms with Gasteiger partial charge < -0.3 is 14.2 Å². The number of carbonyl (C=O) groups is 2. The Kier molecular flexibility index (Phi) is 3.99. The van der Waals surface area contributed by atoms with Crippen LogP contribution in [0.25, 0.3) is 0 Å². The van der Waals surface area contributed by atoms with E-state index in [1.165, 1.54) is 7.11 Å². The minimum atomic E-state index is -0.674. The highest BCUT2D eigenvalue weighted by atomic mass is 16.7. The molecule has 2 aliphatic rings. The van der Waals surface area contributed by atoms with Crippen molar-refractivity contribution < 1.29 is 23.8 Å². The van der Waals surface area contributed by atoms with E-state index in [1.807, 2.05) is 7.05 Å². The second kappa shape index (κ2) is 5.34. The molecular formula is C12H19NO5. The number of piperidine rings is 1. The van der Waals surface area contributed by atoms with Gasteiger partial charge >= 0.3 is 5.97 Å². The monoisotopic (exact) mass is 257 g/mol. The zero-order chi connectivity index (χ0) is 13.3. The Labute approximate surface area is 106 Å². The van der Waals surface area contributed by atoms with E-state index >= 15 is 0 Å². The lowest BCUT2D eigenvalue weighted by molar-refractivity contribution is -0.154. The average Bonchev–Trinajstić information content (AvgIpc) is 2.57. The molecule has 2 saturated heterocycles. The molecule has 0 saturated carbocycles. The second-order valence-electron chi connectivity index (χ2n) is 4.82. The first-order valence-corrected chi connectivity index (χ1v) is 6.03. The number of Topliss-reactive ketones (excluding diaryl/α,β-unsaturated/α-hetero) is 1. The van der Waals surface area contributed by atoms with Crippen LogP contribution in [-0.2, 0) is 23.8 Å². The second-order valence-corrected chi connectivity index (χ2v) is 4.82. The lowest BCUT2D eigenvalue weighted by atomic mass is 9.89. The largest absolute Gasteiger partial charge is 0.468 e. The number of likely N-dealkylation sites (N-methyl/N-ethyl adjacent to an activating group) is 1. The number of fused-ring (bicyclic) bond motifs is 2. The molecule has 4 atom stereocenters. The van der Waals surface area contributed by atoms with Gasteiger partial charge in [0.25, 0.3) is 0 Å². The molecule has 6 heteroatoms. The molecule has 0 N–H and O–H groups in total. The summed E-state index contributed by atoms with van der Waals surface area (Å²) >= 11 is 0. The number of hydrogen-bond donors (Lipinski definition) is 0. The summed E-state index contributed by atoms with van der Waals surface area (Å²) in [6, 6.07) is -0.0795. The fraction of sp³-hybridized carbons (Fsp3) is 0.833. The molecule has 0 radical (unpaired) electrons. The maximum atomic E-state index is 12.0. The summed E-state index contributed by atoms with van der Waals surface area (Å²) in [5, 5.41) is 0. The normalized spacial score (nSPS) is 35.8. The smallest absolute Gasteiger partial charge is 0.317 e. The summed E-state index contributed by atoms with van der Waals surface area (Å²) in [4.78, 5) is 25.8. The van der Waals surface area contributed by atoms with Crippen LogP contribution in [0.5, 0.6) is 0 Å². The lowest BCUT2D eigenvalue weighted by Gasteiger charge is -2.35. The van der Waals surface area contributed by atoms with E-state index in [2.05, 4.69) is 4.90 Å². The summed E-state index contributed by atoms with van der Waals surface area (Å²) in [5.74, 6) is -1.16. The van der Waals surface area contributed by atoms with Crippen LogP contribution >= 0.6 is 0 Å². The summed E-state index contributed by atoms with van der Waals surface area (Å²) < 4.78 is 15.2. The topological polar surface area (TPSA) is 65.1 Å². The van der Waals surface area contributed by atoms with Gasteiger partial charge in [0.15, 0.2) is 0 Å². The Balaban J connectivity index is 2.13. The molecule has 2 heterocycles. The van der Waals surface area contributed by atoms with Gasteiger partial charge in [-0.2, -0.15) is 0 Å². The third-order valence-corrected chi connectivity index (χ3v) is 3.95. The average molecular weight is 257 g/mol. The minimum Gasteiger partial charge on any atom is -0.468 e. The van der Waals surface area contributed by atoms with Crippen LogP contribution in [0.4, 0.5) is 0 Å². The first-order chi connectivity index (χ1) is 8.60. The molecule has 6 nitrogen and oxygen atoms in total. The number of ether oxygens (including phenoxy) is 3. The molecule has 0 amide bonds. The van der Waals surface area contributed by atoms with E-state index in [-0.39, 0.29) is 30.8 Å². The molecule has 18 heavy (non-hydrogen) atoms. The molecule has 2 rings (SSSR count). The van der Waals surface area contributed by atoms with Crippen molar-refractivity contribution >= 4 is 11.8 Å². The van der Waals surface area contributed by atoms with E-state index in [9.17, 15) is 9.59 Å². The molecule has 2 aliphatic heterocycles. The highest BCUT2D eigenvalue weighted by Gasteiger charge is 2.53. The number of ketones is 1. The van der Waals surface area contributed by atoms with Crippen molar-refractivity contribution in [2.45, 2.75) is 31.0 Å². The van der Waals surface area contributed by atoms with Gasteiger partial charge in [0, 0.05) is 25.6 Å². The molecule has 0 aromatic rings. The van der Waals surface area contributed by atoms with Gasteiger partial charge in [0.2, 0.25) is 0 Å². The summed E-state index contributed by atoms with van der Waals surface area (Å²) in [6.45, 7) is 0.207. The van der Waals surface area contributed by atoms with Gasteiger partial charge in [-0.25, -0.2) is 0 Å². The molecule has 2 bridgehead atoms. The number of carbonyl (C=O) groups excluding carboxylic acids is 2. The molecular weight excluding hydrogens is 238 g/mol. The van der Waals surface area contributed by atoms with Crippen molar-refractivity contribution in [2.75, 3.05) is 28.1 Å². The van der Waals surface area contributed by atoms with E-state index in [1.54, 1.807) is 7.11 Å². The van der Waals surface area contributed by atoms with Gasteiger partial charge in [0.05, 0.1) is 13.2 Å². The summed E-state index contributed by atoms with van der Waals surface area (Å²) in [6.07, 6.45) is 0.940. The lowest BCUT2D eigenvalue weighted by Crippen LogP contribution is -2.51. The Morgan fingerprint density at radius 1 is 1.39 bits per heavy atom. The summed E-state index contributed by atoms with van der Waals surface area (Å²) in [7, 11) is 4.80. The molecule has 0 aromatic heterocycles. The SMILES string of the molecule is COCO[C@H]1CC2[C@@H](C(=O)OC)C(=O)CC1N2C. The van der Waals surface area contributed by atoms with Gasteiger partial charge in [-0.1, -0.05) is 0 Å². The fourth-order valence-corrected chi connectivity index (χ4v) is 3.01. The van der Waals surface area contributed by atoms with Crippen molar-refractivity contribution in [1.29, 1.82) is 0 Å². The van der Waals surface area contributed by atoms with Gasteiger partial charge in [-0.05, 0) is 13.5 Å². The fourth-order valence-electron chi connectivity index (χ4n) is 3.01. The van der Waals surface area contributed by atoms with Crippen LogP contribution in [-0.4, -0.2) is 62.9 Å². The highest BCUT2D eigenvalue weighted by molar-refractivity contribution is 6.01. The molecule has 0 spiro atoms. The number of hydrogen-bond acceptors (Lipinski definition) is 6. The Morgan fingerprint density at radius 2 is 2.11 bits per heavy atom. The predicted molar refractivity (Wildman–Crippen MR) is 61.8 cm³/mol. The zero-order valence-corrected chi connectivity index (χ0v) is 10.9. The van der Waals surface area contributed by atoms with Crippen molar-refractivity contribution in [1.82, 2.24) is 4.90 Å². The van der Waals surface area contributed by atoms with E-state index < -0.39 is 11.9 Å². The van der Waals surface area contributed by atoms with Gasteiger partial charge in [-0.3, -0.25) is 14.5 Å². The van der Waals surface area contributed by atoms with Crippen LogP contribution in [0.2, 0.25) is 0 Å². The van der Waals surface area contributed by atoms with Crippen LogP contribution in [0.15, 0.2) is 0 Å². The Hall–Kier alpha value is -0.980. The van der Waals surface area contributed by atoms with Crippen molar-refractivity contribution in [3.05, 3.63) is 0 Å². The number of esters is 1. The minimum absolute atomic E-state index is 0.0403. The molecule has 2 fully saturated rings. The maximum absolute atomic E-state index is 12.0. The quantitative estimate of drug-likeness (QED) is 0.395. The number of rotatable bonds is 4. The first-order valence-electron chi connectivity index (χ1n) is 6.03. The standard InChI is InChI=1S/C12H19NO5/c1-13-7-4-9(14)11(12(15)17-3)8(13)5-10(7)18-6-16-2/h7-8,10-11H,4-6H2,1-3H3/t7?,8?,10-,11+/m0/s1. The van der Waals surface area contributed by atoms with E-state index in [0.29, 0.717) is 12.8 Å². The molecule has 0 aliphatic carbocycles. The van der Waals surface area contributed by atoms with Crippen molar-refractivity contribution in [3.63, 3.8) is 0 Å². The van der Waals surface area contributed by atoms with Crippen LogP contribution in [0.1, 0.15) is 12.8 Å². The third-order valence-electron chi connectivity index (χ3n) is 3.95. The first kappa shape index (κ1) is 13.5. The molecule has 102 valence electrons. The Morgan fingerprint density at radius 3 is 2.72 bits per heavy atom. The van der Waals surface area contributed by atoms with Crippen LogP contribution in [0, 0.1) is 5.92 Å². The van der Waals surface area contributed by atoms with E-state index in [0.717, 1.165) is 0 Å². The van der Waals surface area contributed by atoms with Gasteiger partial charge in [-0.15, -0.1) is 0 Å². The predicted octanol–water partition coefficient (Wildman–Crippen LogP) is -0.190. The van der Waals surface area contributed by atoms with Crippen molar-refractivity contribution in [3.8, 4) is 0 Å². The summed E-state index contributed by atoms with van der Waals surface area (Å²) in [5.41, 5.74) is 0. The maximum Gasteiger partial charge on any atom is 0.317 e. The third kappa shape index (κ3) is 2.15. The zero-order valence-electron chi connectivity index (χ0n) is 10.9. The molecule has 2 unspecified atom stereocenters. The Bertz CT molecular complexity index is 345. The highest BCUT2D eigenvalue weighted by Crippen LogP contribution is 2.38. The number of nitrogens with zero attached hydrogens (tertiary/aromatic N) is 1. The van der Waals surface area contributed by atoms with Crippen molar-refractivity contribution in [2.24, 2.45) is 5.92 Å². The van der Waals surface area contributed by atoms with E-state index in [4.69, 9.17) is 14.2 Å².